The minimum Gasteiger partial charge on any atom is -0.481 e. The maximum absolute atomic E-state index is 12.0. The molecule has 0 radical (unpaired) electrons. The number of rotatable bonds is 12. The molecule has 0 aliphatic carbocycles. The van der Waals surface area contributed by atoms with Crippen LogP contribution in [-0.4, -0.2) is 49.3 Å². The van der Waals surface area contributed by atoms with Gasteiger partial charge in [0.1, 0.15) is 12.6 Å². The van der Waals surface area contributed by atoms with Gasteiger partial charge in [-0.3, -0.25) is 4.79 Å². The van der Waals surface area contributed by atoms with Crippen molar-refractivity contribution in [2.24, 2.45) is 4.99 Å². The highest BCUT2D eigenvalue weighted by molar-refractivity contribution is 5.85. The summed E-state index contributed by atoms with van der Waals surface area (Å²) in [5, 5.41) is 20.0. The van der Waals surface area contributed by atoms with Crippen LogP contribution in [0.2, 0.25) is 0 Å². The fraction of sp³-hybridized carbons (Fsp3) is 0.182. The van der Waals surface area contributed by atoms with Crippen LogP contribution in [0.25, 0.3) is 22.3 Å². The van der Waals surface area contributed by atoms with E-state index in [0.717, 1.165) is 33.5 Å². The Morgan fingerprint density at radius 3 is 2.20 bits per heavy atom. The number of aliphatic imine (C=N–C) groups is 1. The molecule has 0 amide bonds. The smallest absolute Gasteiger partial charge is 0.305 e. The van der Waals surface area contributed by atoms with E-state index in [4.69, 9.17) is 9.73 Å². The lowest BCUT2D eigenvalue weighted by molar-refractivity contribution is -0.137. The quantitative estimate of drug-likeness (QED) is 0.135. The second-order valence-electron chi connectivity index (χ2n) is 9.76. The number of carboxylic acid groups (broad SMARTS) is 1. The summed E-state index contributed by atoms with van der Waals surface area (Å²) < 4.78 is 8.03. The van der Waals surface area contributed by atoms with E-state index in [2.05, 4.69) is 46.4 Å². The molecule has 3 N–H and O–H groups in total. The molecule has 0 saturated heterocycles. The van der Waals surface area contributed by atoms with Crippen molar-refractivity contribution in [1.82, 2.24) is 14.5 Å². The van der Waals surface area contributed by atoms with Gasteiger partial charge in [-0.15, -0.1) is 0 Å². The normalized spacial score (nSPS) is 13.0. The Hall–Kier alpha value is -4.95. The molecular weight excluding hydrogens is 516 g/mol. The van der Waals surface area contributed by atoms with E-state index in [1.165, 1.54) is 0 Å². The van der Waals surface area contributed by atoms with Gasteiger partial charge in [-0.05, 0) is 33.9 Å². The third kappa shape index (κ3) is 7.38. The lowest BCUT2D eigenvalue weighted by Crippen LogP contribution is -2.27. The maximum atomic E-state index is 12.0. The number of hydrogen-bond acceptors (Lipinski definition) is 5. The zero-order chi connectivity index (χ0) is 28.4. The summed E-state index contributed by atoms with van der Waals surface area (Å²) in [4.78, 5) is 23.9. The zero-order valence-corrected chi connectivity index (χ0v) is 22.5. The minimum atomic E-state index is -0.984. The van der Waals surface area contributed by atoms with Gasteiger partial charge in [0.15, 0.2) is 0 Å². The fourth-order valence-electron chi connectivity index (χ4n) is 4.68. The van der Waals surface area contributed by atoms with Crippen LogP contribution in [0.3, 0.4) is 0 Å². The number of nitrogens with zero attached hydrogens (tertiary/aromatic N) is 3. The predicted molar refractivity (Wildman–Crippen MR) is 158 cm³/mol. The Morgan fingerprint density at radius 2 is 1.56 bits per heavy atom. The third-order valence-electron chi connectivity index (χ3n) is 6.81. The Labute approximate surface area is 238 Å². The highest BCUT2D eigenvalue weighted by atomic mass is 16.5. The second-order valence-corrected chi connectivity index (χ2v) is 9.76. The average molecular weight is 549 g/mol. The molecule has 8 nitrogen and oxygen atoms in total. The van der Waals surface area contributed by atoms with E-state index < -0.39 is 18.1 Å². The molecule has 0 unspecified atom stereocenters. The molecule has 0 aliphatic heterocycles. The fourth-order valence-corrected chi connectivity index (χ4v) is 4.68. The summed E-state index contributed by atoms with van der Waals surface area (Å²) >= 11 is 0. The molecule has 2 heterocycles. The van der Waals surface area contributed by atoms with Crippen molar-refractivity contribution < 1.29 is 19.7 Å². The van der Waals surface area contributed by atoms with E-state index in [0.29, 0.717) is 6.42 Å². The highest BCUT2D eigenvalue weighted by Crippen LogP contribution is 2.27. The Balaban J connectivity index is 1.45. The summed E-state index contributed by atoms with van der Waals surface area (Å²) in [7, 11) is 0. The van der Waals surface area contributed by atoms with Crippen LogP contribution in [0, 0.1) is 0 Å². The number of aromatic nitrogens is 3. The van der Waals surface area contributed by atoms with Crippen LogP contribution in [0.5, 0.6) is 0 Å². The number of aliphatic hydroxyl groups excluding tert-OH is 1. The van der Waals surface area contributed by atoms with E-state index in [1.807, 2.05) is 71.6 Å². The molecule has 0 saturated carbocycles. The molecule has 2 aromatic heterocycles. The number of H-pyrrole nitrogens is 1. The summed E-state index contributed by atoms with van der Waals surface area (Å²) in [6.45, 7) is -0.0191. The van der Waals surface area contributed by atoms with Crippen molar-refractivity contribution in [3.05, 3.63) is 127 Å². The van der Waals surface area contributed by atoms with Crippen molar-refractivity contribution in [2.75, 3.05) is 6.61 Å². The van der Waals surface area contributed by atoms with Crippen LogP contribution in [0.15, 0.2) is 121 Å². The van der Waals surface area contributed by atoms with Crippen LogP contribution >= 0.6 is 0 Å². The number of ether oxygens (including phenoxy) is 1. The lowest BCUT2D eigenvalue weighted by Gasteiger charge is -2.22. The molecule has 0 spiro atoms. The number of carbonyl (C=O) groups is 1. The molecule has 2 atom stereocenters. The van der Waals surface area contributed by atoms with Gasteiger partial charge in [0.2, 0.25) is 5.90 Å². The van der Waals surface area contributed by atoms with Gasteiger partial charge >= 0.3 is 5.97 Å². The Morgan fingerprint density at radius 1 is 0.902 bits per heavy atom. The summed E-state index contributed by atoms with van der Waals surface area (Å²) in [5.74, 6) is -0.737. The average Bonchev–Trinajstić information content (AvgIpc) is 3.71. The monoisotopic (exact) mass is 548 g/mol. The van der Waals surface area contributed by atoms with Crippen molar-refractivity contribution in [3.8, 4) is 22.3 Å². The van der Waals surface area contributed by atoms with Gasteiger partial charge in [-0.25, -0.2) is 9.98 Å². The Bertz CT molecular complexity index is 1550. The Kier molecular flexibility index (Phi) is 9.03. The first kappa shape index (κ1) is 27.6. The van der Waals surface area contributed by atoms with Crippen molar-refractivity contribution in [3.63, 3.8) is 0 Å². The van der Waals surface area contributed by atoms with E-state index in [-0.39, 0.29) is 25.5 Å². The number of benzene rings is 3. The molecular formula is C33H32N4O4. The lowest BCUT2D eigenvalue weighted by atomic mass is 10.0. The zero-order valence-electron chi connectivity index (χ0n) is 22.5. The van der Waals surface area contributed by atoms with Gasteiger partial charge in [0.05, 0.1) is 25.4 Å². The third-order valence-corrected chi connectivity index (χ3v) is 6.81. The second kappa shape index (κ2) is 13.4. The van der Waals surface area contributed by atoms with Crippen molar-refractivity contribution >= 4 is 11.9 Å². The number of hydrogen-bond donors (Lipinski definition) is 3. The predicted octanol–water partition coefficient (Wildman–Crippen LogP) is 5.78. The highest BCUT2D eigenvalue weighted by Gasteiger charge is 2.25. The molecule has 8 heteroatoms. The first-order valence-corrected chi connectivity index (χ1v) is 13.5. The summed E-state index contributed by atoms with van der Waals surface area (Å²) in [5.41, 5.74) is 5.95. The molecule has 208 valence electrons. The van der Waals surface area contributed by atoms with E-state index in [1.54, 1.807) is 12.5 Å². The van der Waals surface area contributed by atoms with Gasteiger partial charge in [0, 0.05) is 30.7 Å². The van der Waals surface area contributed by atoms with Crippen LogP contribution < -0.4 is 0 Å². The SMILES string of the molecule is O=C(O)C[C@H](C(=N[C@H](CO)Cc1cnc[nH]1)OCc1ccccc1)n1ccc(-c2ccc(-c3ccccc3)cc2)c1. The minimum absolute atomic E-state index is 0.215. The topological polar surface area (TPSA) is 113 Å². The molecule has 0 bridgehead atoms. The number of aliphatic hydroxyl groups is 1. The largest absolute Gasteiger partial charge is 0.481 e. The number of nitrogens with one attached hydrogen (secondary N) is 1. The van der Waals surface area contributed by atoms with Gasteiger partial charge in [-0.2, -0.15) is 0 Å². The van der Waals surface area contributed by atoms with Gasteiger partial charge < -0.3 is 24.5 Å². The number of carboxylic acids is 1. The first-order chi connectivity index (χ1) is 20.1. The first-order valence-electron chi connectivity index (χ1n) is 13.5. The number of aromatic amines is 1. The molecule has 3 aromatic carbocycles. The molecule has 41 heavy (non-hydrogen) atoms. The van der Waals surface area contributed by atoms with Gasteiger partial charge in [-0.1, -0.05) is 84.9 Å². The van der Waals surface area contributed by atoms with Crippen LogP contribution in [-0.2, 0) is 22.6 Å². The molecule has 0 fully saturated rings. The van der Waals surface area contributed by atoms with Gasteiger partial charge in [0.25, 0.3) is 0 Å². The van der Waals surface area contributed by atoms with Crippen molar-refractivity contribution in [1.29, 1.82) is 0 Å². The van der Waals surface area contributed by atoms with Crippen LogP contribution in [0.1, 0.15) is 23.7 Å². The molecule has 0 aliphatic rings. The van der Waals surface area contributed by atoms with E-state index in [9.17, 15) is 15.0 Å². The number of aliphatic carboxylic acids is 1. The standard InChI is InChI=1S/C33H32N4O4/c38-21-30(17-29-19-34-23-35-29)36-33(41-22-24-7-3-1-4-8-24)31(18-32(39)40)37-16-15-28(20-37)27-13-11-26(12-14-27)25-9-5-2-6-10-25/h1-16,19-20,23,30-31,38H,17-18,21-22H2,(H,34,35)(H,39,40)/t30-,31+/m0/s1. The molecule has 5 aromatic rings. The van der Waals surface area contributed by atoms with Crippen LogP contribution in [0.4, 0.5) is 0 Å². The molecule has 5 rings (SSSR count). The summed E-state index contributed by atoms with van der Waals surface area (Å²) in [6.07, 6.45) is 7.17. The number of imidazole rings is 1. The van der Waals surface area contributed by atoms with Crippen molar-refractivity contribution in [2.45, 2.75) is 31.5 Å². The summed E-state index contributed by atoms with van der Waals surface area (Å²) in [6, 6.07) is 28.8. The maximum Gasteiger partial charge on any atom is 0.305 e. The van der Waals surface area contributed by atoms with E-state index >= 15 is 0 Å².